The van der Waals surface area contributed by atoms with Gasteiger partial charge in [-0.1, -0.05) is 19.1 Å². The second-order valence-electron chi connectivity index (χ2n) is 10.2. The van der Waals surface area contributed by atoms with Gasteiger partial charge in [0.2, 0.25) is 0 Å². The van der Waals surface area contributed by atoms with Gasteiger partial charge in [-0.3, -0.25) is 10.1 Å². The van der Waals surface area contributed by atoms with Crippen LogP contribution in [0.15, 0.2) is 36.0 Å². The minimum absolute atomic E-state index is 0.301. The van der Waals surface area contributed by atoms with Crippen molar-refractivity contribution < 1.29 is 0 Å². The molecule has 3 unspecified atom stereocenters. The summed E-state index contributed by atoms with van der Waals surface area (Å²) in [5, 5.41) is 13.8. The van der Waals surface area contributed by atoms with E-state index in [2.05, 4.69) is 77.4 Å². The number of allylic oxidation sites excluding steroid dienone is 1. The lowest BCUT2D eigenvalue weighted by Crippen LogP contribution is -2.29. The third kappa shape index (κ3) is 4.64. The van der Waals surface area contributed by atoms with Gasteiger partial charge >= 0.3 is 0 Å². The van der Waals surface area contributed by atoms with E-state index in [0.717, 1.165) is 61.2 Å². The number of aryl methyl sites for hydroxylation is 1. The molecule has 2 aliphatic rings. The maximum absolute atomic E-state index is 5.31. The summed E-state index contributed by atoms with van der Waals surface area (Å²) in [5.41, 5.74) is 7.21. The molecular formula is C29H38N6. The molecule has 1 aliphatic carbocycles. The number of pyridine rings is 1. The summed E-state index contributed by atoms with van der Waals surface area (Å²) in [6.07, 6.45) is 17.4. The maximum Gasteiger partial charge on any atom is 0.0951 e. The molecule has 6 heteroatoms. The van der Waals surface area contributed by atoms with Crippen molar-refractivity contribution in [3.63, 3.8) is 0 Å². The molecule has 0 spiro atoms. The summed E-state index contributed by atoms with van der Waals surface area (Å²) in [6.45, 7) is 8.01. The quantitative estimate of drug-likeness (QED) is 0.397. The molecule has 3 aromatic rings. The highest BCUT2D eigenvalue weighted by Gasteiger charge is 2.23. The fourth-order valence-electron chi connectivity index (χ4n) is 5.79. The third-order valence-corrected chi connectivity index (χ3v) is 7.89. The van der Waals surface area contributed by atoms with Crippen LogP contribution >= 0.6 is 0 Å². The lowest BCUT2D eigenvalue weighted by molar-refractivity contribution is 0.276. The van der Waals surface area contributed by atoms with Gasteiger partial charge in [0.25, 0.3) is 0 Å². The predicted molar refractivity (Wildman–Crippen MR) is 148 cm³/mol. The average Bonchev–Trinajstić information content (AvgIpc) is 3.53. The number of aromatic amines is 1. The number of hydrogen-bond acceptors (Lipinski definition) is 5. The number of aromatic nitrogens is 3. The molecule has 0 radical (unpaired) electrons. The zero-order valence-electron chi connectivity index (χ0n) is 21.3. The van der Waals surface area contributed by atoms with E-state index in [1.807, 2.05) is 12.3 Å². The number of hydrogen-bond donors (Lipinski definition) is 2. The summed E-state index contributed by atoms with van der Waals surface area (Å²) < 4.78 is 0. The molecule has 5 rings (SSSR count). The van der Waals surface area contributed by atoms with Gasteiger partial charge in [0.05, 0.1) is 28.6 Å². The van der Waals surface area contributed by atoms with Crippen LogP contribution < -0.4 is 5.32 Å². The van der Waals surface area contributed by atoms with Crippen LogP contribution in [0.1, 0.15) is 49.4 Å². The summed E-state index contributed by atoms with van der Waals surface area (Å²) in [4.78, 5) is 12.1. The molecular weight excluding hydrogens is 432 g/mol. The molecule has 6 nitrogen and oxygen atoms in total. The molecule has 2 aromatic heterocycles. The van der Waals surface area contributed by atoms with Gasteiger partial charge in [-0.25, -0.2) is 4.98 Å². The van der Waals surface area contributed by atoms with Gasteiger partial charge in [0.15, 0.2) is 0 Å². The molecule has 184 valence electrons. The Morgan fingerprint density at radius 3 is 2.86 bits per heavy atom. The van der Waals surface area contributed by atoms with E-state index in [0.29, 0.717) is 17.9 Å². The summed E-state index contributed by atoms with van der Waals surface area (Å²) in [7, 11) is 4.33. The predicted octanol–water partition coefficient (Wildman–Crippen LogP) is 5.65. The molecule has 3 heterocycles. The van der Waals surface area contributed by atoms with Crippen molar-refractivity contribution in [3.8, 4) is 0 Å². The number of anilines is 1. The molecule has 35 heavy (non-hydrogen) atoms. The number of aliphatic imine (C=N–C) groups is 1. The van der Waals surface area contributed by atoms with Crippen LogP contribution in [0.5, 0.6) is 0 Å². The Morgan fingerprint density at radius 1 is 1.26 bits per heavy atom. The fraction of sp³-hybridized carbons (Fsp3) is 0.483. The minimum Gasteiger partial charge on any atom is -0.383 e. The molecule has 1 aliphatic heterocycles. The Balaban J connectivity index is 1.58. The smallest absolute Gasteiger partial charge is 0.0951 e. The first kappa shape index (κ1) is 23.7. The van der Waals surface area contributed by atoms with Crippen LogP contribution in [-0.2, 0) is 12.8 Å². The van der Waals surface area contributed by atoms with Gasteiger partial charge in [0, 0.05) is 48.0 Å². The Kier molecular flexibility index (Phi) is 7.00. The Labute approximate surface area is 208 Å². The van der Waals surface area contributed by atoms with Crippen LogP contribution in [0.25, 0.3) is 27.9 Å². The SMILES string of the molecule is C=CC1CN=CC1/C=C/c1nc2c(NCCC(CC)N(C)C)cc3[nH]ncc3c2c2c1CCCC2. The first-order chi connectivity index (χ1) is 17.1. The molecule has 0 bridgehead atoms. The second kappa shape index (κ2) is 10.3. The first-order valence-corrected chi connectivity index (χ1v) is 13.1. The molecule has 0 saturated heterocycles. The lowest BCUT2D eigenvalue weighted by Gasteiger charge is -2.24. The van der Waals surface area contributed by atoms with E-state index in [4.69, 9.17) is 4.98 Å². The highest BCUT2D eigenvalue weighted by molar-refractivity contribution is 6.12. The third-order valence-electron chi connectivity index (χ3n) is 7.89. The van der Waals surface area contributed by atoms with Gasteiger partial charge in [-0.2, -0.15) is 5.10 Å². The van der Waals surface area contributed by atoms with Crippen molar-refractivity contribution in [2.45, 2.75) is 51.5 Å². The number of H-pyrrole nitrogens is 1. The van der Waals surface area contributed by atoms with Crippen molar-refractivity contribution in [1.29, 1.82) is 0 Å². The van der Waals surface area contributed by atoms with Crippen molar-refractivity contribution in [3.05, 3.63) is 47.8 Å². The largest absolute Gasteiger partial charge is 0.383 e. The van der Waals surface area contributed by atoms with E-state index in [1.54, 1.807) is 0 Å². The molecule has 1 aromatic carbocycles. The topological polar surface area (TPSA) is 69.2 Å². The zero-order chi connectivity index (χ0) is 24.4. The van der Waals surface area contributed by atoms with Gasteiger partial charge in [-0.15, -0.1) is 6.58 Å². The Bertz CT molecular complexity index is 1270. The molecule has 0 fully saturated rings. The molecule has 2 N–H and O–H groups in total. The molecule has 0 amide bonds. The Morgan fingerprint density at radius 2 is 2.09 bits per heavy atom. The van der Waals surface area contributed by atoms with Crippen LogP contribution in [0, 0.1) is 11.8 Å². The maximum atomic E-state index is 5.31. The molecule has 0 saturated carbocycles. The van der Waals surface area contributed by atoms with Crippen LogP contribution in [0.3, 0.4) is 0 Å². The van der Waals surface area contributed by atoms with Gasteiger partial charge in [0.1, 0.15) is 0 Å². The average molecular weight is 471 g/mol. The number of nitrogens with one attached hydrogen (secondary N) is 2. The van der Waals surface area contributed by atoms with E-state index >= 15 is 0 Å². The van der Waals surface area contributed by atoms with E-state index in [1.165, 1.54) is 34.7 Å². The number of benzene rings is 1. The lowest BCUT2D eigenvalue weighted by atomic mass is 9.86. The second-order valence-corrected chi connectivity index (χ2v) is 10.2. The first-order valence-electron chi connectivity index (χ1n) is 13.1. The number of fused-ring (bicyclic) bond motifs is 5. The van der Waals surface area contributed by atoms with E-state index < -0.39 is 0 Å². The van der Waals surface area contributed by atoms with Crippen molar-refractivity contribution >= 4 is 39.8 Å². The minimum atomic E-state index is 0.301. The number of nitrogens with zero attached hydrogens (tertiary/aromatic N) is 4. The normalized spacial score (nSPS) is 20.8. The van der Waals surface area contributed by atoms with Crippen molar-refractivity contribution in [2.75, 3.05) is 32.5 Å². The Hall–Kier alpha value is -2.99. The van der Waals surface area contributed by atoms with E-state index in [9.17, 15) is 0 Å². The highest BCUT2D eigenvalue weighted by Crippen LogP contribution is 2.38. The van der Waals surface area contributed by atoms with E-state index in [-0.39, 0.29) is 0 Å². The zero-order valence-corrected chi connectivity index (χ0v) is 21.3. The van der Waals surface area contributed by atoms with Gasteiger partial charge in [-0.05, 0) is 75.9 Å². The number of rotatable bonds is 9. The molecule has 3 atom stereocenters. The van der Waals surface area contributed by atoms with Crippen LogP contribution in [-0.4, -0.2) is 59.5 Å². The summed E-state index contributed by atoms with van der Waals surface area (Å²) in [5.74, 6) is 0.684. The van der Waals surface area contributed by atoms with Gasteiger partial charge < -0.3 is 10.2 Å². The van der Waals surface area contributed by atoms with Crippen molar-refractivity contribution in [1.82, 2.24) is 20.1 Å². The fourth-order valence-corrected chi connectivity index (χ4v) is 5.79. The summed E-state index contributed by atoms with van der Waals surface area (Å²) in [6, 6.07) is 2.75. The van der Waals surface area contributed by atoms with Crippen LogP contribution in [0.2, 0.25) is 0 Å². The van der Waals surface area contributed by atoms with Crippen LogP contribution in [0.4, 0.5) is 5.69 Å². The van der Waals surface area contributed by atoms with Crippen molar-refractivity contribution in [2.24, 2.45) is 16.8 Å². The highest BCUT2D eigenvalue weighted by atomic mass is 15.1. The standard InChI is InChI=1S/C29H38N6/c1-5-19-16-30-17-20(19)11-12-25-22-9-7-8-10-23(22)28-24-18-32-34-26(24)15-27(29(28)33-25)31-14-13-21(6-2)35(3)4/h5,11-12,15,17-21,31H,1,6-10,13-14,16H2,2-4H3,(H,32,34)/b12-11+. The monoisotopic (exact) mass is 470 g/mol. The summed E-state index contributed by atoms with van der Waals surface area (Å²) >= 11 is 0.